The third-order valence-corrected chi connectivity index (χ3v) is 14.6. The van der Waals surface area contributed by atoms with Gasteiger partial charge in [0.25, 0.3) is 0 Å². The largest absolute Gasteiger partial charge is 0.292 e. The monoisotopic (exact) mass is 757 g/mol. The molecule has 14 rings (SSSR count). The molecule has 0 radical (unpaired) electrons. The number of hydrogen-bond donors (Lipinski definition) is 0. The van der Waals surface area contributed by atoms with Crippen LogP contribution in [0.3, 0.4) is 0 Å². The van der Waals surface area contributed by atoms with Crippen LogP contribution in [0.1, 0.15) is 0 Å². The summed E-state index contributed by atoms with van der Waals surface area (Å²) in [6.07, 6.45) is 0. The topological polar surface area (TPSA) is 30.7 Å². The molecule has 0 atom stereocenters. The second kappa shape index (κ2) is 10.9. The molecule has 13 aromatic rings. The third kappa shape index (κ3) is 3.90. The van der Waals surface area contributed by atoms with Gasteiger partial charge in [-0.3, -0.25) is 4.57 Å². The summed E-state index contributed by atoms with van der Waals surface area (Å²) in [4.78, 5) is 11.5. The molecule has 0 N–H and O–H groups in total. The Morgan fingerprint density at radius 2 is 1.09 bits per heavy atom. The van der Waals surface area contributed by atoms with Crippen LogP contribution in [-0.4, -0.2) is 14.5 Å². The molecule has 262 valence electrons. The van der Waals surface area contributed by atoms with E-state index in [4.69, 9.17) is 9.97 Å². The quantitative estimate of drug-likeness (QED) is 0.164. The first-order valence-electron chi connectivity index (χ1n) is 19.3. The highest BCUT2D eigenvalue weighted by Gasteiger charge is 2.30. The van der Waals surface area contributed by atoms with Crippen molar-refractivity contribution in [2.24, 2.45) is 0 Å². The summed E-state index contributed by atoms with van der Waals surface area (Å²) in [7, 11) is 0. The number of benzene rings is 9. The van der Waals surface area contributed by atoms with Crippen LogP contribution in [0.25, 0.3) is 134 Å². The first kappa shape index (κ1) is 30.3. The van der Waals surface area contributed by atoms with Crippen molar-refractivity contribution in [2.75, 3.05) is 0 Å². The number of nitrogens with zero attached hydrogens (tertiary/aromatic N) is 3. The molecule has 3 nitrogen and oxygen atoms in total. The van der Waals surface area contributed by atoms with Crippen LogP contribution in [0.4, 0.5) is 0 Å². The van der Waals surface area contributed by atoms with E-state index in [2.05, 4.69) is 168 Å². The molecule has 1 aliphatic rings. The average Bonchev–Trinajstić information content (AvgIpc) is 3.92. The lowest BCUT2D eigenvalue weighted by Crippen LogP contribution is -2.04. The lowest BCUT2D eigenvalue weighted by Gasteiger charge is -2.17. The van der Waals surface area contributed by atoms with E-state index in [0.717, 1.165) is 49.9 Å². The van der Waals surface area contributed by atoms with Gasteiger partial charge in [0.2, 0.25) is 0 Å². The van der Waals surface area contributed by atoms with Gasteiger partial charge < -0.3 is 0 Å². The van der Waals surface area contributed by atoms with Gasteiger partial charge in [0.15, 0.2) is 5.82 Å². The minimum atomic E-state index is 0.848. The molecule has 0 spiro atoms. The molecular formula is C52H27N3S2. The Hall–Kier alpha value is -6.92. The molecule has 0 saturated heterocycles. The summed E-state index contributed by atoms with van der Waals surface area (Å²) < 4.78 is 7.52. The molecule has 57 heavy (non-hydrogen) atoms. The van der Waals surface area contributed by atoms with Crippen LogP contribution in [0.5, 0.6) is 0 Å². The van der Waals surface area contributed by atoms with Gasteiger partial charge >= 0.3 is 0 Å². The molecule has 0 unspecified atom stereocenters. The SMILES string of the molecule is c1ccc2c(c1)-c1cccc3ccc4c(c13)c1c-2c2c(cc1n4-c1nc3c(ccc4ccccc43)nc1-c1cccc3c1sc1ccccc13)sc1ccccc12. The second-order valence-corrected chi connectivity index (χ2v) is 17.3. The fraction of sp³-hybridized carbons (Fsp3) is 0. The van der Waals surface area contributed by atoms with E-state index in [-0.39, 0.29) is 0 Å². The average molecular weight is 758 g/mol. The molecule has 5 heteroatoms. The molecule has 0 aliphatic heterocycles. The molecule has 0 fully saturated rings. The van der Waals surface area contributed by atoms with Crippen LogP contribution >= 0.6 is 22.7 Å². The van der Waals surface area contributed by atoms with Crippen LogP contribution in [0.15, 0.2) is 164 Å². The Labute approximate surface area is 333 Å². The summed E-state index contributed by atoms with van der Waals surface area (Å²) in [5.74, 6) is 0.848. The number of rotatable bonds is 2. The van der Waals surface area contributed by atoms with Crippen molar-refractivity contribution in [3.63, 3.8) is 0 Å². The fourth-order valence-corrected chi connectivity index (χ4v) is 12.3. The maximum atomic E-state index is 5.81. The van der Waals surface area contributed by atoms with Gasteiger partial charge in [0.1, 0.15) is 5.69 Å². The van der Waals surface area contributed by atoms with Crippen molar-refractivity contribution in [1.29, 1.82) is 0 Å². The number of aromatic nitrogens is 3. The van der Waals surface area contributed by atoms with E-state index in [1.54, 1.807) is 0 Å². The second-order valence-electron chi connectivity index (χ2n) is 15.2. The smallest absolute Gasteiger partial charge is 0.165 e. The summed E-state index contributed by atoms with van der Waals surface area (Å²) in [6.45, 7) is 0. The minimum Gasteiger partial charge on any atom is -0.292 e. The van der Waals surface area contributed by atoms with Crippen molar-refractivity contribution in [3.05, 3.63) is 164 Å². The van der Waals surface area contributed by atoms with Crippen molar-refractivity contribution in [1.82, 2.24) is 14.5 Å². The summed E-state index contributed by atoms with van der Waals surface area (Å²) >= 11 is 3.72. The van der Waals surface area contributed by atoms with E-state index in [1.165, 1.54) is 84.1 Å². The number of thiophene rings is 2. The molecular weight excluding hydrogens is 731 g/mol. The van der Waals surface area contributed by atoms with Gasteiger partial charge in [-0.1, -0.05) is 133 Å². The predicted molar refractivity (Wildman–Crippen MR) is 245 cm³/mol. The van der Waals surface area contributed by atoms with Gasteiger partial charge in [-0.05, 0) is 63.2 Å². The van der Waals surface area contributed by atoms with E-state index in [9.17, 15) is 0 Å². The van der Waals surface area contributed by atoms with Gasteiger partial charge in [0, 0.05) is 67.6 Å². The van der Waals surface area contributed by atoms with E-state index in [1.807, 2.05) is 22.7 Å². The first-order valence-corrected chi connectivity index (χ1v) is 21.0. The number of hydrogen-bond acceptors (Lipinski definition) is 4. The molecule has 1 aliphatic carbocycles. The van der Waals surface area contributed by atoms with Crippen molar-refractivity contribution < 1.29 is 0 Å². The fourth-order valence-electron chi connectivity index (χ4n) is 9.95. The summed E-state index contributed by atoms with van der Waals surface area (Å²) in [5.41, 5.74) is 11.2. The minimum absolute atomic E-state index is 0.848. The summed E-state index contributed by atoms with van der Waals surface area (Å²) in [5, 5.41) is 12.5. The van der Waals surface area contributed by atoms with E-state index >= 15 is 0 Å². The Kier molecular flexibility index (Phi) is 5.79. The van der Waals surface area contributed by atoms with Gasteiger partial charge in [-0.25, -0.2) is 9.97 Å². The molecule has 4 aromatic heterocycles. The predicted octanol–water partition coefficient (Wildman–Crippen LogP) is 15.1. The Bertz CT molecular complexity index is 3940. The highest BCUT2D eigenvalue weighted by Crippen LogP contribution is 2.54. The van der Waals surface area contributed by atoms with Gasteiger partial charge in [-0.15, -0.1) is 22.7 Å². The maximum Gasteiger partial charge on any atom is 0.165 e. The van der Waals surface area contributed by atoms with Crippen LogP contribution in [0, 0.1) is 0 Å². The number of fused-ring (bicyclic) bond motifs is 13. The lowest BCUT2D eigenvalue weighted by molar-refractivity contribution is 1.08. The molecule has 0 saturated carbocycles. The zero-order valence-corrected chi connectivity index (χ0v) is 31.9. The van der Waals surface area contributed by atoms with Crippen LogP contribution in [0.2, 0.25) is 0 Å². The maximum absolute atomic E-state index is 5.81. The van der Waals surface area contributed by atoms with Crippen molar-refractivity contribution in [3.8, 4) is 39.3 Å². The zero-order valence-electron chi connectivity index (χ0n) is 30.2. The highest BCUT2D eigenvalue weighted by atomic mass is 32.1. The lowest BCUT2D eigenvalue weighted by atomic mass is 9.91. The molecule has 9 aromatic carbocycles. The summed E-state index contributed by atoms with van der Waals surface area (Å²) in [6, 6.07) is 60.1. The Morgan fingerprint density at radius 1 is 0.404 bits per heavy atom. The first-order chi connectivity index (χ1) is 28.3. The van der Waals surface area contributed by atoms with Gasteiger partial charge in [-0.2, -0.15) is 0 Å². The molecule has 4 heterocycles. The van der Waals surface area contributed by atoms with E-state index < -0.39 is 0 Å². The molecule has 0 bridgehead atoms. The Morgan fingerprint density at radius 3 is 2.00 bits per heavy atom. The third-order valence-electron chi connectivity index (χ3n) is 12.3. The van der Waals surface area contributed by atoms with Crippen molar-refractivity contribution in [2.45, 2.75) is 0 Å². The standard InChI is InChI=1S/C52H27N3S2/c1-2-13-30-28(11-1)23-25-38-49(30)54-52(50(53-38)37-20-10-19-35-32-15-5-7-21-41(32)57-51(35)37)55-39-26-24-29-12-9-18-33-31-14-3-4-16-34(31)46-45-36-17-6-8-22-42(36)56-43(45)27-40(55)48(46)47(39)44(29)33/h1-27H. The Balaban J connectivity index is 1.24. The van der Waals surface area contributed by atoms with Crippen LogP contribution in [-0.2, 0) is 0 Å². The van der Waals surface area contributed by atoms with Crippen molar-refractivity contribution >= 4 is 117 Å². The van der Waals surface area contributed by atoms with Crippen LogP contribution < -0.4 is 0 Å². The van der Waals surface area contributed by atoms with Gasteiger partial charge in [0.05, 0.1) is 22.1 Å². The zero-order chi connectivity index (χ0) is 36.9. The highest BCUT2D eigenvalue weighted by molar-refractivity contribution is 7.26. The van der Waals surface area contributed by atoms with E-state index in [0.29, 0.717) is 0 Å². The normalized spacial score (nSPS) is 12.6. The molecule has 0 amide bonds.